The Morgan fingerprint density at radius 1 is 1.25 bits per heavy atom. The van der Waals surface area contributed by atoms with Gasteiger partial charge in [0.2, 0.25) is 5.91 Å². The first-order valence-corrected chi connectivity index (χ1v) is 8.49. The first-order chi connectivity index (χ1) is 9.47. The van der Waals surface area contributed by atoms with Crippen LogP contribution >= 0.6 is 0 Å². The van der Waals surface area contributed by atoms with Crippen molar-refractivity contribution in [1.82, 2.24) is 4.90 Å². The number of aliphatic hydroxyl groups is 1. The second kappa shape index (κ2) is 4.22. The molecule has 4 aliphatic carbocycles. The molecule has 3 nitrogen and oxygen atoms in total. The van der Waals surface area contributed by atoms with Crippen molar-refractivity contribution in [2.24, 2.45) is 17.3 Å². The van der Waals surface area contributed by atoms with Crippen molar-refractivity contribution in [2.45, 2.75) is 76.4 Å². The lowest BCUT2D eigenvalue weighted by Crippen LogP contribution is -2.56. The Morgan fingerprint density at radius 3 is 2.50 bits per heavy atom. The van der Waals surface area contributed by atoms with E-state index in [1.165, 1.54) is 19.3 Å². The van der Waals surface area contributed by atoms with Gasteiger partial charge in [-0.25, -0.2) is 0 Å². The Hall–Kier alpha value is -0.570. The molecule has 5 rings (SSSR count). The van der Waals surface area contributed by atoms with Gasteiger partial charge in [-0.1, -0.05) is 0 Å². The molecule has 3 heteroatoms. The Labute approximate surface area is 121 Å². The summed E-state index contributed by atoms with van der Waals surface area (Å²) in [5, 5.41) is 10.8. The average Bonchev–Trinajstić information content (AvgIpc) is 2.71. The second-order valence-corrected chi connectivity index (χ2v) is 8.44. The molecular weight excluding hydrogens is 250 g/mol. The first-order valence-electron chi connectivity index (χ1n) is 8.49. The molecule has 1 saturated heterocycles. The summed E-state index contributed by atoms with van der Waals surface area (Å²) in [7, 11) is 0. The maximum absolute atomic E-state index is 12.7. The summed E-state index contributed by atoms with van der Waals surface area (Å²) >= 11 is 0. The Kier molecular flexibility index (Phi) is 2.77. The second-order valence-electron chi connectivity index (χ2n) is 8.44. The third-order valence-corrected chi connectivity index (χ3v) is 6.55. The van der Waals surface area contributed by atoms with E-state index >= 15 is 0 Å². The van der Waals surface area contributed by atoms with Gasteiger partial charge in [0, 0.05) is 19.0 Å². The van der Waals surface area contributed by atoms with E-state index in [-0.39, 0.29) is 5.41 Å². The van der Waals surface area contributed by atoms with E-state index in [2.05, 4.69) is 11.8 Å². The highest BCUT2D eigenvalue weighted by Crippen LogP contribution is 2.62. The Bertz CT molecular complexity index is 419. The van der Waals surface area contributed by atoms with Crippen molar-refractivity contribution in [2.75, 3.05) is 6.54 Å². The van der Waals surface area contributed by atoms with E-state index in [1.54, 1.807) is 0 Å². The molecule has 1 heterocycles. The number of carbonyl (C=O) groups excluding carboxylic acids is 1. The minimum absolute atomic E-state index is 0.137. The van der Waals surface area contributed by atoms with Crippen LogP contribution in [-0.4, -0.2) is 34.1 Å². The zero-order chi connectivity index (χ0) is 14.0. The predicted octanol–water partition coefficient (Wildman–Crippen LogP) is 2.72. The van der Waals surface area contributed by atoms with Crippen LogP contribution in [0.15, 0.2) is 0 Å². The van der Waals surface area contributed by atoms with E-state index in [1.807, 2.05) is 0 Å². The fourth-order valence-corrected chi connectivity index (χ4v) is 6.33. The lowest BCUT2D eigenvalue weighted by molar-refractivity contribution is -0.172. The standard InChI is InChI=1S/C17H27NO2/c1-12-3-2-4-18(12)15(19)10-16-6-13-5-14(7-16)9-17(20,8-13)11-16/h12-14,20H,2-11H2,1H3/t12-,13?,14?,16?,17?/m0/s1. The summed E-state index contributed by atoms with van der Waals surface area (Å²) in [6, 6.07) is 0.430. The van der Waals surface area contributed by atoms with Crippen LogP contribution in [0.3, 0.4) is 0 Å². The van der Waals surface area contributed by atoms with Gasteiger partial charge in [0.25, 0.3) is 0 Å². The molecule has 0 aromatic rings. The number of amides is 1. The molecule has 1 amide bonds. The molecule has 0 aromatic heterocycles. The maximum Gasteiger partial charge on any atom is 0.223 e. The van der Waals surface area contributed by atoms with Gasteiger partial charge in [-0.05, 0) is 75.5 Å². The van der Waals surface area contributed by atoms with Gasteiger partial charge in [0.1, 0.15) is 0 Å². The maximum atomic E-state index is 12.7. The average molecular weight is 277 g/mol. The van der Waals surface area contributed by atoms with Crippen LogP contribution in [0.4, 0.5) is 0 Å². The highest BCUT2D eigenvalue weighted by molar-refractivity contribution is 5.77. The molecule has 20 heavy (non-hydrogen) atoms. The van der Waals surface area contributed by atoms with Crippen molar-refractivity contribution < 1.29 is 9.90 Å². The third-order valence-electron chi connectivity index (χ3n) is 6.55. The molecule has 5 fully saturated rings. The first kappa shape index (κ1) is 13.1. The van der Waals surface area contributed by atoms with E-state index < -0.39 is 5.60 Å². The van der Waals surface area contributed by atoms with Crippen molar-refractivity contribution >= 4 is 5.91 Å². The number of hydrogen-bond acceptors (Lipinski definition) is 2. The number of hydrogen-bond donors (Lipinski definition) is 1. The smallest absolute Gasteiger partial charge is 0.223 e. The zero-order valence-corrected chi connectivity index (χ0v) is 12.6. The largest absolute Gasteiger partial charge is 0.390 e. The highest BCUT2D eigenvalue weighted by atomic mass is 16.3. The van der Waals surface area contributed by atoms with Crippen LogP contribution in [-0.2, 0) is 4.79 Å². The summed E-state index contributed by atoms with van der Waals surface area (Å²) in [4.78, 5) is 14.8. The normalized spacial score (nSPS) is 49.9. The molecule has 2 unspecified atom stereocenters. The summed E-state index contributed by atoms with van der Waals surface area (Å²) in [5.74, 6) is 1.73. The molecule has 5 aliphatic rings. The fraction of sp³-hybridized carbons (Fsp3) is 0.941. The number of nitrogens with zero attached hydrogens (tertiary/aromatic N) is 1. The lowest BCUT2D eigenvalue weighted by atomic mass is 9.47. The topological polar surface area (TPSA) is 40.5 Å². The monoisotopic (exact) mass is 277 g/mol. The van der Waals surface area contributed by atoms with Gasteiger partial charge in [-0.3, -0.25) is 4.79 Å². The molecule has 0 spiro atoms. The highest BCUT2D eigenvalue weighted by Gasteiger charge is 2.57. The molecule has 1 N–H and O–H groups in total. The van der Waals surface area contributed by atoms with Gasteiger partial charge in [0.05, 0.1) is 5.60 Å². The quantitative estimate of drug-likeness (QED) is 0.843. The molecule has 4 bridgehead atoms. The van der Waals surface area contributed by atoms with Crippen molar-refractivity contribution in [1.29, 1.82) is 0 Å². The van der Waals surface area contributed by atoms with Gasteiger partial charge >= 0.3 is 0 Å². The van der Waals surface area contributed by atoms with Crippen LogP contribution in [0.25, 0.3) is 0 Å². The van der Waals surface area contributed by atoms with Crippen molar-refractivity contribution in [3.63, 3.8) is 0 Å². The fourth-order valence-electron chi connectivity index (χ4n) is 6.33. The SMILES string of the molecule is C[C@H]1CCCN1C(=O)CC12CC3CC(CC(O)(C3)C1)C2. The third kappa shape index (κ3) is 2.01. The van der Waals surface area contributed by atoms with E-state index in [9.17, 15) is 9.90 Å². The van der Waals surface area contributed by atoms with Crippen LogP contribution in [0.5, 0.6) is 0 Å². The molecule has 0 radical (unpaired) electrons. The zero-order valence-electron chi connectivity index (χ0n) is 12.6. The Balaban J connectivity index is 1.52. The number of likely N-dealkylation sites (tertiary alicyclic amines) is 1. The summed E-state index contributed by atoms with van der Waals surface area (Å²) < 4.78 is 0. The lowest BCUT2D eigenvalue weighted by Gasteiger charge is -2.60. The van der Waals surface area contributed by atoms with Crippen LogP contribution < -0.4 is 0 Å². The van der Waals surface area contributed by atoms with Gasteiger partial charge in [-0.2, -0.15) is 0 Å². The van der Waals surface area contributed by atoms with Gasteiger partial charge in [-0.15, -0.1) is 0 Å². The Morgan fingerprint density at radius 2 is 1.95 bits per heavy atom. The van der Waals surface area contributed by atoms with Crippen molar-refractivity contribution in [3.8, 4) is 0 Å². The van der Waals surface area contributed by atoms with Gasteiger partial charge < -0.3 is 10.0 Å². The predicted molar refractivity (Wildman–Crippen MR) is 77.1 cm³/mol. The number of carbonyl (C=O) groups is 1. The van der Waals surface area contributed by atoms with E-state index in [0.717, 1.165) is 38.6 Å². The van der Waals surface area contributed by atoms with E-state index in [0.29, 0.717) is 30.2 Å². The minimum Gasteiger partial charge on any atom is -0.390 e. The van der Waals surface area contributed by atoms with Crippen LogP contribution in [0, 0.1) is 17.3 Å². The summed E-state index contributed by atoms with van der Waals surface area (Å²) in [6.07, 6.45) is 9.60. The van der Waals surface area contributed by atoms with Crippen LogP contribution in [0.2, 0.25) is 0 Å². The molecule has 4 saturated carbocycles. The van der Waals surface area contributed by atoms with E-state index in [4.69, 9.17) is 0 Å². The van der Waals surface area contributed by atoms with Gasteiger partial charge in [0.15, 0.2) is 0 Å². The minimum atomic E-state index is -0.430. The molecule has 3 atom stereocenters. The summed E-state index contributed by atoms with van der Waals surface area (Å²) in [6.45, 7) is 3.13. The molecule has 0 aromatic carbocycles. The molecular formula is C17H27NO2. The molecule has 112 valence electrons. The van der Waals surface area contributed by atoms with Crippen molar-refractivity contribution in [3.05, 3.63) is 0 Å². The summed E-state index contributed by atoms with van der Waals surface area (Å²) in [5.41, 5.74) is -0.292. The molecule has 1 aliphatic heterocycles. The number of rotatable bonds is 2. The van der Waals surface area contributed by atoms with Crippen LogP contribution in [0.1, 0.15) is 64.7 Å².